The van der Waals surface area contributed by atoms with Gasteiger partial charge in [0.1, 0.15) is 5.82 Å². The predicted molar refractivity (Wildman–Crippen MR) is 110 cm³/mol. The summed E-state index contributed by atoms with van der Waals surface area (Å²) in [6.45, 7) is 2.69. The molecule has 2 aliphatic rings. The zero-order valence-corrected chi connectivity index (χ0v) is 17.4. The highest BCUT2D eigenvalue weighted by atomic mass is 32.2. The molecule has 0 aromatic heterocycles. The molecule has 1 amide bonds. The highest BCUT2D eigenvalue weighted by Crippen LogP contribution is 2.52. The lowest BCUT2D eigenvalue weighted by molar-refractivity contribution is -0.131. The van der Waals surface area contributed by atoms with E-state index in [9.17, 15) is 13.2 Å². The lowest BCUT2D eigenvalue weighted by Gasteiger charge is -2.18. The monoisotopic (exact) mass is 416 g/mol. The number of likely N-dealkylation sites (tertiary alicyclic amines) is 1. The van der Waals surface area contributed by atoms with Crippen LogP contribution in [0.2, 0.25) is 0 Å². The number of nitrogens with one attached hydrogen (secondary N) is 1. The summed E-state index contributed by atoms with van der Waals surface area (Å²) >= 11 is 0. The van der Waals surface area contributed by atoms with E-state index in [1.807, 2.05) is 36.4 Å². The molecule has 29 heavy (non-hydrogen) atoms. The Kier molecular flexibility index (Phi) is 5.21. The number of halogens is 1. The first kappa shape index (κ1) is 20.0. The molecule has 0 bridgehead atoms. The van der Waals surface area contributed by atoms with Crippen molar-refractivity contribution in [2.24, 2.45) is 5.92 Å². The Bertz CT molecular complexity index is 1040. The minimum Gasteiger partial charge on any atom is -0.341 e. The van der Waals surface area contributed by atoms with Crippen LogP contribution in [0.5, 0.6) is 0 Å². The number of aryl methyl sites for hydroxylation is 1. The number of carbonyl (C=O) groups excluding carboxylic acids is 1. The van der Waals surface area contributed by atoms with Crippen LogP contribution >= 0.6 is 0 Å². The number of hydrogen-bond acceptors (Lipinski definition) is 3. The second-order valence-electron chi connectivity index (χ2n) is 8.14. The van der Waals surface area contributed by atoms with Gasteiger partial charge in [-0.05, 0) is 42.4 Å². The van der Waals surface area contributed by atoms with Crippen molar-refractivity contribution in [3.63, 3.8) is 0 Å². The summed E-state index contributed by atoms with van der Waals surface area (Å²) in [5.41, 5.74) is 2.87. The summed E-state index contributed by atoms with van der Waals surface area (Å²) in [5.74, 6) is -0.371. The molecule has 3 atom stereocenters. The number of rotatable bonds is 5. The van der Waals surface area contributed by atoms with Crippen molar-refractivity contribution >= 4 is 15.9 Å². The standard InChI is InChI=1S/C22H25FN2O3S/c1-14-8-9-17(20(21(14)23)15-6-4-3-5-7-15)18-12-19(18)22(26)25-11-10-16(13-25)24-29(2,27)28/h3-9,16,18-19,24H,10-13H2,1-2H3. The first-order valence-corrected chi connectivity index (χ1v) is 11.7. The van der Waals surface area contributed by atoms with E-state index >= 15 is 4.39 Å². The second kappa shape index (κ2) is 7.54. The average Bonchev–Trinajstić information content (AvgIpc) is 3.34. The van der Waals surface area contributed by atoms with E-state index in [4.69, 9.17) is 0 Å². The molecule has 0 radical (unpaired) electrons. The van der Waals surface area contributed by atoms with Gasteiger partial charge in [0.05, 0.1) is 6.26 Å². The number of carbonyl (C=O) groups is 1. The first-order valence-electron chi connectivity index (χ1n) is 9.85. The minimum atomic E-state index is -3.29. The molecule has 154 valence electrons. The Morgan fingerprint density at radius 2 is 1.90 bits per heavy atom. The fraction of sp³-hybridized carbons (Fsp3) is 0.409. The molecule has 3 unspecified atom stereocenters. The normalized spacial score (nSPS) is 24.0. The molecular formula is C22H25FN2O3S. The smallest absolute Gasteiger partial charge is 0.226 e. The van der Waals surface area contributed by atoms with Gasteiger partial charge in [-0.1, -0.05) is 42.5 Å². The second-order valence-corrected chi connectivity index (χ2v) is 9.92. The van der Waals surface area contributed by atoms with Crippen LogP contribution in [0.25, 0.3) is 11.1 Å². The average molecular weight is 417 g/mol. The summed E-state index contributed by atoms with van der Waals surface area (Å²) in [6, 6.07) is 12.9. The maximum Gasteiger partial charge on any atom is 0.226 e. The Hall–Kier alpha value is -2.25. The molecular weight excluding hydrogens is 391 g/mol. The third-order valence-corrected chi connectivity index (χ3v) is 6.58. The van der Waals surface area contributed by atoms with Gasteiger partial charge in [-0.3, -0.25) is 4.79 Å². The van der Waals surface area contributed by atoms with E-state index in [1.54, 1.807) is 17.9 Å². The zero-order valence-electron chi connectivity index (χ0n) is 16.6. The summed E-state index contributed by atoms with van der Waals surface area (Å²) < 4.78 is 40.4. The van der Waals surface area contributed by atoms with Gasteiger partial charge in [-0.15, -0.1) is 0 Å². The molecule has 1 aliphatic carbocycles. The van der Waals surface area contributed by atoms with Crippen LogP contribution in [0.3, 0.4) is 0 Å². The number of nitrogens with zero attached hydrogens (tertiary/aromatic N) is 1. The fourth-order valence-corrected chi connectivity index (χ4v) is 5.11. The molecule has 2 aromatic rings. The van der Waals surface area contributed by atoms with Crippen LogP contribution in [0.1, 0.15) is 29.9 Å². The van der Waals surface area contributed by atoms with Crippen molar-refractivity contribution in [3.05, 3.63) is 59.4 Å². The number of amides is 1. The summed E-state index contributed by atoms with van der Waals surface area (Å²) in [5, 5.41) is 0. The predicted octanol–water partition coefficient (Wildman–Crippen LogP) is 3.05. The van der Waals surface area contributed by atoms with Crippen LogP contribution < -0.4 is 4.72 Å². The lowest BCUT2D eigenvalue weighted by Crippen LogP contribution is -2.38. The molecule has 1 saturated heterocycles. The van der Waals surface area contributed by atoms with Crippen molar-refractivity contribution < 1.29 is 17.6 Å². The van der Waals surface area contributed by atoms with Crippen LogP contribution in [0.4, 0.5) is 4.39 Å². The van der Waals surface area contributed by atoms with E-state index in [1.165, 1.54) is 0 Å². The highest BCUT2D eigenvalue weighted by molar-refractivity contribution is 7.88. The van der Waals surface area contributed by atoms with Crippen molar-refractivity contribution in [1.29, 1.82) is 0 Å². The lowest BCUT2D eigenvalue weighted by atomic mass is 9.93. The topological polar surface area (TPSA) is 66.5 Å². The van der Waals surface area contributed by atoms with Crippen LogP contribution in [0, 0.1) is 18.7 Å². The van der Waals surface area contributed by atoms with Gasteiger partial charge in [0.2, 0.25) is 15.9 Å². The van der Waals surface area contributed by atoms with Gasteiger partial charge in [0.15, 0.2) is 0 Å². The molecule has 1 aliphatic heterocycles. The van der Waals surface area contributed by atoms with E-state index < -0.39 is 10.0 Å². The summed E-state index contributed by atoms with van der Waals surface area (Å²) in [6.07, 6.45) is 2.44. The number of sulfonamides is 1. The van der Waals surface area contributed by atoms with Gasteiger partial charge in [-0.2, -0.15) is 0 Å². The van der Waals surface area contributed by atoms with E-state index in [-0.39, 0.29) is 29.6 Å². The molecule has 7 heteroatoms. The van der Waals surface area contributed by atoms with Crippen molar-refractivity contribution in [2.45, 2.75) is 31.7 Å². The van der Waals surface area contributed by atoms with Crippen LogP contribution in [-0.2, 0) is 14.8 Å². The van der Waals surface area contributed by atoms with E-state index in [2.05, 4.69) is 4.72 Å². The minimum absolute atomic E-state index is 0.00489. The van der Waals surface area contributed by atoms with Crippen molar-refractivity contribution in [1.82, 2.24) is 9.62 Å². The third kappa shape index (κ3) is 4.21. The molecule has 1 heterocycles. The molecule has 1 saturated carbocycles. The van der Waals surface area contributed by atoms with E-state index in [0.29, 0.717) is 37.1 Å². The number of benzene rings is 2. The highest BCUT2D eigenvalue weighted by Gasteiger charge is 2.48. The summed E-state index contributed by atoms with van der Waals surface area (Å²) in [7, 11) is -3.29. The Morgan fingerprint density at radius 3 is 2.59 bits per heavy atom. The molecule has 5 nitrogen and oxygen atoms in total. The van der Waals surface area contributed by atoms with Gasteiger partial charge in [0.25, 0.3) is 0 Å². The Labute approximate surface area is 171 Å². The van der Waals surface area contributed by atoms with Crippen LogP contribution in [-0.4, -0.2) is 44.6 Å². The van der Waals surface area contributed by atoms with Gasteiger partial charge < -0.3 is 4.90 Å². The number of hydrogen-bond donors (Lipinski definition) is 1. The first-order chi connectivity index (χ1) is 13.7. The molecule has 1 N–H and O–H groups in total. The fourth-order valence-electron chi connectivity index (χ4n) is 4.31. The van der Waals surface area contributed by atoms with Crippen LogP contribution in [0.15, 0.2) is 42.5 Å². The maximum absolute atomic E-state index is 15.0. The molecule has 0 spiro atoms. The van der Waals surface area contributed by atoms with Crippen molar-refractivity contribution in [3.8, 4) is 11.1 Å². The SMILES string of the molecule is Cc1ccc(C2CC2C(=O)N2CCC(NS(C)(=O)=O)C2)c(-c2ccccc2)c1F. The van der Waals surface area contributed by atoms with Gasteiger partial charge in [-0.25, -0.2) is 17.5 Å². The molecule has 2 fully saturated rings. The Morgan fingerprint density at radius 1 is 1.17 bits per heavy atom. The molecule has 2 aromatic carbocycles. The quantitative estimate of drug-likeness (QED) is 0.815. The van der Waals surface area contributed by atoms with Gasteiger partial charge >= 0.3 is 0 Å². The van der Waals surface area contributed by atoms with Crippen molar-refractivity contribution in [2.75, 3.05) is 19.3 Å². The Balaban J connectivity index is 1.53. The zero-order chi connectivity index (χ0) is 20.8. The third-order valence-electron chi connectivity index (χ3n) is 5.82. The van der Waals surface area contributed by atoms with Gasteiger partial charge in [0, 0.05) is 30.6 Å². The largest absolute Gasteiger partial charge is 0.341 e. The maximum atomic E-state index is 15.0. The van der Waals surface area contributed by atoms with E-state index in [0.717, 1.165) is 17.4 Å². The summed E-state index contributed by atoms with van der Waals surface area (Å²) in [4.78, 5) is 14.7. The molecule has 4 rings (SSSR count).